The van der Waals surface area contributed by atoms with Gasteiger partial charge in [-0.25, -0.2) is 13.8 Å². The Morgan fingerprint density at radius 1 is 0.930 bits per heavy atom. The molecule has 2 amide bonds. The minimum absolute atomic E-state index is 0.0223. The van der Waals surface area contributed by atoms with Gasteiger partial charge in [-0.3, -0.25) is 13.9 Å². The number of amides is 2. The van der Waals surface area contributed by atoms with Crippen LogP contribution in [0.4, 0.5) is 5.69 Å². The largest absolute Gasteiger partial charge is 0.493 e. The maximum absolute atomic E-state index is 13.6. The predicted octanol–water partition coefficient (Wildman–Crippen LogP) is 3.75. The number of piperidine rings is 1. The van der Waals surface area contributed by atoms with Gasteiger partial charge >= 0.3 is 0 Å². The summed E-state index contributed by atoms with van der Waals surface area (Å²) in [4.78, 5) is 27.1. The van der Waals surface area contributed by atoms with Gasteiger partial charge in [-0.05, 0) is 80.3 Å². The summed E-state index contributed by atoms with van der Waals surface area (Å²) in [5.74, 6) is 0.583. The average molecular weight is 609 g/mol. The molecular formula is C31H36N4O7S. The van der Waals surface area contributed by atoms with E-state index >= 15 is 0 Å². The first kappa shape index (κ1) is 31.4. The van der Waals surface area contributed by atoms with Crippen molar-refractivity contribution in [3.05, 3.63) is 77.9 Å². The fraction of sp³-hybridized carbons (Fsp3) is 0.323. The first-order valence-electron chi connectivity index (χ1n) is 13.9. The molecular weight excluding hydrogens is 572 g/mol. The molecule has 1 N–H and O–H groups in total. The third kappa shape index (κ3) is 8.25. The molecule has 4 rings (SSSR count). The maximum Gasteiger partial charge on any atom is 0.264 e. The second-order valence-corrected chi connectivity index (χ2v) is 11.8. The zero-order chi connectivity index (χ0) is 30.8. The highest BCUT2D eigenvalue weighted by Crippen LogP contribution is 2.33. The highest BCUT2D eigenvalue weighted by atomic mass is 32.2. The standard InChI is InChI=1S/C31H36N4O7S/c1-23-7-14-27(15-8-23)43(38,39)35(25-11-16-28(40-2)29(19-25)41-3)21-30(36)33-32-20-24-9-12-26(13-10-24)42-22-31(37)34-17-5-4-6-18-34/h7-16,19-20H,4-6,17-18,21-22H2,1-3H3,(H,33,36)/b32-20-. The van der Waals surface area contributed by atoms with Crippen LogP contribution in [0.25, 0.3) is 0 Å². The predicted molar refractivity (Wildman–Crippen MR) is 163 cm³/mol. The second kappa shape index (κ2) is 14.5. The number of nitrogens with one attached hydrogen (secondary N) is 1. The van der Waals surface area contributed by atoms with Gasteiger partial charge in [-0.2, -0.15) is 5.10 Å². The van der Waals surface area contributed by atoms with Crippen molar-refractivity contribution in [3.63, 3.8) is 0 Å². The van der Waals surface area contributed by atoms with E-state index in [4.69, 9.17) is 14.2 Å². The smallest absolute Gasteiger partial charge is 0.264 e. The number of aryl methyl sites for hydroxylation is 1. The summed E-state index contributed by atoms with van der Waals surface area (Å²) in [7, 11) is -1.21. The van der Waals surface area contributed by atoms with Gasteiger partial charge in [0.05, 0.1) is 31.0 Å². The van der Waals surface area contributed by atoms with Gasteiger partial charge in [0, 0.05) is 19.2 Å². The van der Waals surface area contributed by atoms with Crippen LogP contribution in [0.1, 0.15) is 30.4 Å². The Balaban J connectivity index is 1.42. The number of nitrogens with zero attached hydrogens (tertiary/aromatic N) is 3. The Hall–Kier alpha value is -4.58. The molecule has 12 heteroatoms. The zero-order valence-corrected chi connectivity index (χ0v) is 25.3. The van der Waals surface area contributed by atoms with Crippen LogP contribution < -0.4 is 23.9 Å². The molecule has 0 radical (unpaired) electrons. The first-order valence-corrected chi connectivity index (χ1v) is 15.3. The van der Waals surface area contributed by atoms with Crippen molar-refractivity contribution in [1.29, 1.82) is 0 Å². The molecule has 1 aliphatic rings. The van der Waals surface area contributed by atoms with E-state index in [-0.39, 0.29) is 23.1 Å². The van der Waals surface area contributed by atoms with Crippen molar-refractivity contribution in [2.24, 2.45) is 5.10 Å². The molecule has 1 saturated heterocycles. The first-order chi connectivity index (χ1) is 20.7. The van der Waals surface area contributed by atoms with Crippen molar-refractivity contribution in [2.45, 2.75) is 31.1 Å². The molecule has 0 spiro atoms. The normalized spacial score (nSPS) is 13.4. The Kier molecular flexibility index (Phi) is 10.6. The fourth-order valence-corrected chi connectivity index (χ4v) is 5.92. The summed E-state index contributed by atoms with van der Waals surface area (Å²) in [6.45, 7) is 2.83. The zero-order valence-electron chi connectivity index (χ0n) is 24.5. The van der Waals surface area contributed by atoms with E-state index in [0.717, 1.165) is 42.2 Å². The number of methoxy groups -OCH3 is 2. The van der Waals surface area contributed by atoms with Crippen LogP contribution in [0.2, 0.25) is 0 Å². The molecule has 1 aliphatic heterocycles. The molecule has 0 atom stereocenters. The Labute approximate surface area is 252 Å². The number of hydrogen-bond donors (Lipinski definition) is 1. The van der Waals surface area contributed by atoms with E-state index in [1.54, 1.807) is 42.5 Å². The highest BCUT2D eigenvalue weighted by Gasteiger charge is 2.28. The van der Waals surface area contributed by atoms with Crippen LogP contribution in [0.5, 0.6) is 17.2 Å². The number of sulfonamides is 1. The van der Waals surface area contributed by atoms with Crippen LogP contribution in [0.3, 0.4) is 0 Å². The Bertz CT molecular complexity index is 1540. The van der Waals surface area contributed by atoms with Gasteiger partial charge in [-0.1, -0.05) is 17.7 Å². The van der Waals surface area contributed by atoms with Crippen molar-refractivity contribution in [1.82, 2.24) is 10.3 Å². The minimum Gasteiger partial charge on any atom is -0.493 e. The Morgan fingerprint density at radius 2 is 1.60 bits per heavy atom. The second-order valence-electron chi connectivity index (χ2n) is 9.96. The molecule has 0 saturated carbocycles. The summed E-state index contributed by atoms with van der Waals surface area (Å²) < 4.78 is 44.5. The molecule has 0 unspecified atom stereocenters. The summed E-state index contributed by atoms with van der Waals surface area (Å²) in [6.07, 6.45) is 4.62. The number of likely N-dealkylation sites (tertiary alicyclic amines) is 1. The van der Waals surface area contributed by atoms with E-state index in [1.807, 2.05) is 11.8 Å². The molecule has 0 aliphatic carbocycles. The lowest BCUT2D eigenvalue weighted by Crippen LogP contribution is -2.39. The summed E-state index contributed by atoms with van der Waals surface area (Å²) in [5, 5.41) is 3.99. The van der Waals surface area contributed by atoms with E-state index in [2.05, 4.69) is 10.5 Å². The van der Waals surface area contributed by atoms with Crippen LogP contribution in [-0.4, -0.2) is 71.8 Å². The summed E-state index contributed by atoms with van der Waals surface area (Å²) in [6, 6.07) is 17.8. The third-order valence-corrected chi connectivity index (χ3v) is 8.69. The van der Waals surface area contributed by atoms with Crippen LogP contribution in [0.15, 0.2) is 76.7 Å². The van der Waals surface area contributed by atoms with Crippen molar-refractivity contribution >= 4 is 33.7 Å². The lowest BCUT2D eigenvalue weighted by Gasteiger charge is -2.26. The number of hydrogen-bond acceptors (Lipinski definition) is 8. The molecule has 1 heterocycles. The molecule has 1 fully saturated rings. The minimum atomic E-state index is -4.13. The van der Waals surface area contributed by atoms with Gasteiger partial charge < -0.3 is 19.1 Å². The molecule has 3 aromatic carbocycles. The number of carbonyl (C=O) groups is 2. The molecule has 3 aromatic rings. The average Bonchev–Trinajstić information content (AvgIpc) is 3.03. The summed E-state index contributed by atoms with van der Waals surface area (Å²) in [5.41, 5.74) is 4.17. The topological polar surface area (TPSA) is 127 Å². The van der Waals surface area contributed by atoms with Gasteiger partial charge in [0.2, 0.25) is 0 Å². The van der Waals surface area contributed by atoms with E-state index in [9.17, 15) is 18.0 Å². The van der Waals surface area contributed by atoms with Crippen molar-refractivity contribution in [3.8, 4) is 17.2 Å². The lowest BCUT2D eigenvalue weighted by atomic mass is 10.1. The van der Waals surface area contributed by atoms with E-state index in [0.29, 0.717) is 22.8 Å². The van der Waals surface area contributed by atoms with Crippen molar-refractivity contribution in [2.75, 3.05) is 44.8 Å². The van der Waals surface area contributed by atoms with Gasteiger partial charge in [0.15, 0.2) is 18.1 Å². The third-order valence-electron chi connectivity index (χ3n) is 6.91. The number of hydrazone groups is 1. The SMILES string of the molecule is COc1ccc(N(CC(=O)N/N=C\c2ccc(OCC(=O)N3CCCCC3)cc2)S(=O)(=O)c2ccc(C)cc2)cc1OC. The lowest BCUT2D eigenvalue weighted by molar-refractivity contribution is -0.134. The Morgan fingerprint density at radius 3 is 2.26 bits per heavy atom. The highest BCUT2D eigenvalue weighted by molar-refractivity contribution is 7.92. The number of anilines is 1. The number of carbonyl (C=O) groups excluding carboxylic acids is 2. The van der Waals surface area contributed by atoms with Crippen LogP contribution >= 0.6 is 0 Å². The molecule has 43 heavy (non-hydrogen) atoms. The van der Waals surface area contributed by atoms with Gasteiger partial charge in [0.25, 0.3) is 21.8 Å². The van der Waals surface area contributed by atoms with Crippen molar-refractivity contribution < 1.29 is 32.2 Å². The molecule has 11 nitrogen and oxygen atoms in total. The van der Waals surface area contributed by atoms with Gasteiger partial charge in [-0.15, -0.1) is 0 Å². The molecule has 0 bridgehead atoms. The molecule has 0 aromatic heterocycles. The van der Waals surface area contributed by atoms with Crippen LogP contribution in [0, 0.1) is 6.92 Å². The van der Waals surface area contributed by atoms with Crippen LogP contribution in [-0.2, 0) is 19.6 Å². The fourth-order valence-electron chi connectivity index (χ4n) is 4.51. The number of ether oxygens (including phenoxy) is 3. The van der Waals surface area contributed by atoms with Gasteiger partial charge in [0.1, 0.15) is 12.3 Å². The molecule has 228 valence electrons. The number of benzene rings is 3. The van der Waals surface area contributed by atoms with E-state index in [1.165, 1.54) is 44.7 Å². The monoisotopic (exact) mass is 608 g/mol. The number of rotatable bonds is 12. The quantitative estimate of drug-likeness (QED) is 0.245. The maximum atomic E-state index is 13.6. The van der Waals surface area contributed by atoms with E-state index < -0.39 is 22.5 Å². The summed E-state index contributed by atoms with van der Waals surface area (Å²) >= 11 is 0.